The highest BCUT2D eigenvalue weighted by molar-refractivity contribution is 7.89. The van der Waals surface area contributed by atoms with Crippen LogP contribution in [0.2, 0.25) is 0 Å². The quantitative estimate of drug-likeness (QED) is 0.678. The van der Waals surface area contributed by atoms with Gasteiger partial charge in [0.15, 0.2) is 5.03 Å². The Morgan fingerprint density at radius 3 is 2.67 bits per heavy atom. The summed E-state index contributed by atoms with van der Waals surface area (Å²) in [7, 11) is -0.316. The minimum absolute atomic E-state index is 0.0323. The van der Waals surface area contributed by atoms with E-state index in [1.54, 1.807) is 14.1 Å². The molecular formula is C7H13N5O2S. The first-order chi connectivity index (χ1) is 7.03. The molecule has 2 rings (SSSR count). The van der Waals surface area contributed by atoms with Gasteiger partial charge in [-0.25, -0.2) is 13.1 Å². The van der Waals surface area contributed by atoms with Crippen molar-refractivity contribution in [1.29, 1.82) is 0 Å². The molecule has 84 valence electrons. The Kier molecular flexibility index (Phi) is 2.49. The van der Waals surface area contributed by atoms with E-state index in [0.717, 1.165) is 0 Å². The highest BCUT2D eigenvalue weighted by Gasteiger charge is 2.33. The number of hydrogen-bond acceptors (Lipinski definition) is 5. The van der Waals surface area contributed by atoms with Gasteiger partial charge in [0.25, 0.3) is 10.0 Å². The van der Waals surface area contributed by atoms with E-state index in [2.05, 4.69) is 15.6 Å². The summed E-state index contributed by atoms with van der Waals surface area (Å²) >= 11 is 0. The van der Waals surface area contributed by atoms with Gasteiger partial charge < -0.3 is 5.32 Å². The second-order valence-corrected chi connectivity index (χ2v) is 5.47. The standard InChI is InChI=1S/C7H13N5O2S/c1-11-7(5-9-10-11)15(13,14)12(2)6-3-8-4-6/h5-6,8H,3-4H2,1-2H3. The van der Waals surface area contributed by atoms with Gasteiger partial charge >= 0.3 is 0 Å². The molecule has 0 saturated carbocycles. The summed E-state index contributed by atoms with van der Waals surface area (Å²) < 4.78 is 26.7. The van der Waals surface area contributed by atoms with Crippen molar-refractivity contribution < 1.29 is 8.42 Å². The number of likely N-dealkylation sites (N-methyl/N-ethyl adjacent to an activating group) is 1. The molecule has 0 amide bonds. The van der Waals surface area contributed by atoms with Gasteiger partial charge in [-0.3, -0.25) is 0 Å². The van der Waals surface area contributed by atoms with Crippen molar-refractivity contribution in [2.45, 2.75) is 11.1 Å². The first-order valence-corrected chi connectivity index (χ1v) is 6.01. The minimum Gasteiger partial charge on any atom is -0.313 e. The lowest BCUT2D eigenvalue weighted by atomic mass is 10.2. The molecule has 1 aliphatic rings. The van der Waals surface area contributed by atoms with Crippen LogP contribution in [0.3, 0.4) is 0 Å². The summed E-state index contributed by atoms with van der Waals surface area (Å²) in [4.78, 5) is 0. The Labute approximate surface area is 88.1 Å². The molecule has 15 heavy (non-hydrogen) atoms. The van der Waals surface area contributed by atoms with Crippen molar-refractivity contribution in [2.75, 3.05) is 20.1 Å². The van der Waals surface area contributed by atoms with E-state index in [1.165, 1.54) is 15.2 Å². The van der Waals surface area contributed by atoms with Gasteiger partial charge in [0.05, 0.1) is 6.20 Å². The van der Waals surface area contributed by atoms with Crippen LogP contribution in [0.4, 0.5) is 0 Å². The molecular weight excluding hydrogens is 218 g/mol. The predicted octanol–water partition coefficient (Wildman–Crippen LogP) is -1.59. The van der Waals surface area contributed by atoms with Crippen LogP contribution in [0.5, 0.6) is 0 Å². The van der Waals surface area contributed by atoms with Crippen LogP contribution in [0.1, 0.15) is 0 Å². The maximum Gasteiger partial charge on any atom is 0.261 e. The molecule has 0 spiro atoms. The molecule has 0 aromatic carbocycles. The summed E-state index contributed by atoms with van der Waals surface area (Å²) in [6.07, 6.45) is 1.26. The number of hydrogen-bond donors (Lipinski definition) is 1. The maximum absolute atomic E-state index is 12.0. The van der Waals surface area contributed by atoms with E-state index in [9.17, 15) is 8.42 Å². The number of sulfonamides is 1. The number of rotatable bonds is 3. The van der Waals surface area contributed by atoms with Crippen LogP contribution >= 0.6 is 0 Å². The summed E-state index contributed by atoms with van der Waals surface area (Å²) in [5.41, 5.74) is 0. The highest BCUT2D eigenvalue weighted by Crippen LogP contribution is 2.16. The first kappa shape index (κ1) is 10.5. The van der Waals surface area contributed by atoms with Crippen LogP contribution in [-0.2, 0) is 17.1 Å². The van der Waals surface area contributed by atoms with Crippen molar-refractivity contribution in [3.8, 4) is 0 Å². The Balaban J connectivity index is 2.30. The molecule has 1 aromatic rings. The van der Waals surface area contributed by atoms with Gasteiger partial charge in [-0.15, -0.1) is 5.10 Å². The van der Waals surface area contributed by atoms with E-state index in [4.69, 9.17) is 0 Å². The lowest BCUT2D eigenvalue weighted by Crippen LogP contribution is -2.57. The highest BCUT2D eigenvalue weighted by atomic mass is 32.2. The number of nitrogens with one attached hydrogen (secondary N) is 1. The first-order valence-electron chi connectivity index (χ1n) is 4.57. The number of aryl methyl sites for hydroxylation is 1. The van der Waals surface area contributed by atoms with E-state index in [-0.39, 0.29) is 11.1 Å². The van der Waals surface area contributed by atoms with Crippen LogP contribution < -0.4 is 5.32 Å². The fraction of sp³-hybridized carbons (Fsp3) is 0.714. The third-order valence-corrected chi connectivity index (χ3v) is 4.55. The molecule has 1 aliphatic heterocycles. The largest absolute Gasteiger partial charge is 0.313 e. The summed E-state index contributed by atoms with van der Waals surface area (Å²) in [6, 6.07) is 0.0323. The maximum atomic E-state index is 12.0. The van der Waals surface area contributed by atoms with Crippen molar-refractivity contribution >= 4 is 10.0 Å². The molecule has 0 bridgehead atoms. The predicted molar refractivity (Wildman–Crippen MR) is 52.6 cm³/mol. The lowest BCUT2D eigenvalue weighted by molar-refractivity contribution is 0.272. The molecule has 0 radical (unpaired) electrons. The van der Waals surface area contributed by atoms with Crippen LogP contribution in [0.25, 0.3) is 0 Å². The van der Waals surface area contributed by atoms with Gasteiger partial charge in [0, 0.05) is 33.2 Å². The number of nitrogens with zero attached hydrogens (tertiary/aromatic N) is 4. The Morgan fingerprint density at radius 2 is 2.27 bits per heavy atom. The zero-order valence-corrected chi connectivity index (χ0v) is 9.40. The van der Waals surface area contributed by atoms with Gasteiger partial charge in [0.1, 0.15) is 0 Å². The molecule has 0 unspecified atom stereocenters. The van der Waals surface area contributed by atoms with Crippen molar-refractivity contribution in [3.63, 3.8) is 0 Å². The van der Waals surface area contributed by atoms with Gasteiger partial charge in [-0.2, -0.15) is 4.31 Å². The third kappa shape index (κ3) is 1.64. The van der Waals surface area contributed by atoms with Crippen LogP contribution in [0.15, 0.2) is 11.2 Å². The van der Waals surface area contributed by atoms with E-state index in [1.807, 2.05) is 0 Å². The molecule has 1 saturated heterocycles. The summed E-state index contributed by atoms with van der Waals surface area (Å²) in [5.74, 6) is 0. The molecule has 7 nitrogen and oxygen atoms in total. The van der Waals surface area contributed by atoms with Gasteiger partial charge in [-0.05, 0) is 0 Å². The van der Waals surface area contributed by atoms with Gasteiger partial charge in [-0.1, -0.05) is 5.21 Å². The average Bonchev–Trinajstić information content (AvgIpc) is 2.48. The molecule has 1 N–H and O–H groups in total. The Morgan fingerprint density at radius 1 is 1.60 bits per heavy atom. The Hall–Kier alpha value is -0.990. The van der Waals surface area contributed by atoms with Gasteiger partial charge in [0.2, 0.25) is 0 Å². The van der Waals surface area contributed by atoms with E-state index >= 15 is 0 Å². The van der Waals surface area contributed by atoms with E-state index < -0.39 is 10.0 Å². The van der Waals surface area contributed by atoms with Crippen LogP contribution in [0, 0.1) is 0 Å². The van der Waals surface area contributed by atoms with Crippen molar-refractivity contribution in [1.82, 2.24) is 24.6 Å². The smallest absolute Gasteiger partial charge is 0.261 e. The van der Waals surface area contributed by atoms with Crippen molar-refractivity contribution in [2.24, 2.45) is 7.05 Å². The topological polar surface area (TPSA) is 80.1 Å². The summed E-state index contributed by atoms with van der Waals surface area (Å²) in [6.45, 7) is 1.39. The second-order valence-electron chi connectivity index (χ2n) is 3.53. The fourth-order valence-corrected chi connectivity index (χ4v) is 2.78. The second kappa shape index (κ2) is 3.54. The third-order valence-electron chi connectivity index (χ3n) is 2.59. The molecule has 0 atom stereocenters. The number of aromatic nitrogens is 3. The average molecular weight is 231 g/mol. The lowest BCUT2D eigenvalue weighted by Gasteiger charge is -2.34. The van der Waals surface area contributed by atoms with Crippen LogP contribution in [-0.4, -0.2) is 53.9 Å². The molecule has 1 fully saturated rings. The van der Waals surface area contributed by atoms with E-state index in [0.29, 0.717) is 13.1 Å². The minimum atomic E-state index is -3.46. The Bertz CT molecular complexity index is 450. The fourth-order valence-electron chi connectivity index (χ4n) is 1.39. The molecule has 0 aliphatic carbocycles. The zero-order chi connectivity index (χ0) is 11.1. The molecule has 8 heteroatoms. The molecule has 1 aromatic heterocycles. The van der Waals surface area contributed by atoms with Crippen molar-refractivity contribution in [3.05, 3.63) is 6.20 Å². The SMILES string of the molecule is CN(C1CNC1)S(=O)(=O)c1cnnn1C. The normalized spacial score (nSPS) is 18.1. The monoisotopic (exact) mass is 231 g/mol. The molecule has 2 heterocycles. The zero-order valence-electron chi connectivity index (χ0n) is 8.58. The summed E-state index contributed by atoms with van der Waals surface area (Å²) in [5, 5.41) is 10.3.